The highest BCUT2D eigenvalue weighted by atomic mass is 35.5. The zero-order valence-electron chi connectivity index (χ0n) is 77.1. The fourth-order valence-corrected chi connectivity index (χ4v) is 16.1. The Morgan fingerprint density at radius 2 is 0.796 bits per heavy atom. The van der Waals surface area contributed by atoms with E-state index in [0.717, 1.165) is 92.5 Å². The molecule has 0 fully saturated rings. The molecule has 0 aliphatic carbocycles. The van der Waals surface area contributed by atoms with Crippen LogP contribution >= 0.6 is 23.2 Å². The van der Waals surface area contributed by atoms with E-state index in [1.165, 1.54) is 41.4 Å². The number of carbonyl (C=O) groups excluding carboxylic acids is 6. The highest BCUT2D eigenvalue weighted by molar-refractivity contribution is 6.31. The highest BCUT2D eigenvalue weighted by Gasteiger charge is 2.39. The Hall–Kier alpha value is -15.5. The summed E-state index contributed by atoms with van der Waals surface area (Å²) in [7, 11) is 6.43. The Morgan fingerprint density at radius 1 is 0.431 bits per heavy atom. The zero-order chi connectivity index (χ0) is 96.4. The van der Waals surface area contributed by atoms with E-state index in [-0.39, 0.29) is 67.0 Å². The lowest BCUT2D eigenvalue weighted by Crippen LogP contribution is -2.42. The van der Waals surface area contributed by atoms with Gasteiger partial charge in [-0.3, -0.25) is 29.0 Å². The number of amides is 6. The maximum absolute atomic E-state index is 13.3. The van der Waals surface area contributed by atoms with Gasteiger partial charge in [-0.2, -0.15) is 0 Å². The minimum Gasteiger partial charge on any atom is -0.497 e. The number of halogens is 2. The number of aromatic nitrogens is 10. The summed E-state index contributed by atoms with van der Waals surface area (Å²) in [6, 6.07) is 33.3. The van der Waals surface area contributed by atoms with E-state index >= 15 is 0 Å². The molecule has 40 nitrogen and oxygen atoms in total. The van der Waals surface area contributed by atoms with Crippen molar-refractivity contribution >= 4 is 128 Å². The summed E-state index contributed by atoms with van der Waals surface area (Å²) < 4.78 is 60.1. The van der Waals surface area contributed by atoms with Crippen LogP contribution in [-0.2, 0) is 22.6 Å². The largest absolute Gasteiger partial charge is 0.497 e. The van der Waals surface area contributed by atoms with Crippen LogP contribution in [0.25, 0.3) is 0 Å². The molecule has 20 rings (SSSR count). The van der Waals surface area contributed by atoms with Crippen molar-refractivity contribution in [2.24, 2.45) is 0 Å². The van der Waals surface area contributed by atoms with Gasteiger partial charge in [0.1, 0.15) is 98.9 Å². The van der Waals surface area contributed by atoms with Crippen LogP contribution in [0.4, 0.5) is 78.9 Å². The number of hydrogen-bond acceptors (Lipinski definition) is 34. The third kappa shape index (κ3) is 22.3. The lowest BCUT2D eigenvalue weighted by molar-refractivity contribution is 0.0555. The lowest BCUT2D eigenvalue weighted by Gasteiger charge is -2.31. The van der Waals surface area contributed by atoms with Crippen molar-refractivity contribution in [3.8, 4) is 51.7 Å². The van der Waals surface area contributed by atoms with E-state index in [4.69, 9.17) is 81.0 Å². The molecule has 5 aromatic heterocycles. The topological polar surface area (TPSA) is 468 Å². The Balaban J connectivity index is 0.000000136. The van der Waals surface area contributed by atoms with Gasteiger partial charge in [0, 0.05) is 68.3 Å². The monoisotopic (exact) mass is 1910 g/mol. The fourth-order valence-electron chi connectivity index (χ4n) is 15.7. The Morgan fingerprint density at radius 3 is 1.23 bits per heavy atom. The average Bonchev–Trinajstić information content (AvgIpc) is 1.65. The highest BCUT2D eigenvalue weighted by Crippen LogP contribution is 2.45. The zero-order valence-corrected chi connectivity index (χ0v) is 78.6. The van der Waals surface area contributed by atoms with Gasteiger partial charge in [0.05, 0.1) is 98.4 Å². The third-order valence-corrected chi connectivity index (χ3v) is 22.8. The van der Waals surface area contributed by atoms with Crippen LogP contribution in [0.2, 0.25) is 10.3 Å². The second kappa shape index (κ2) is 42.4. The molecule has 14 heterocycles. The Labute approximate surface area is 800 Å². The number of hydrogen-bond donors (Lipinski definition) is 9. The molecule has 42 heteroatoms. The van der Waals surface area contributed by atoms with E-state index in [1.54, 1.807) is 61.3 Å². The number of fused-ring (bicyclic) bond motifs is 9. The molecule has 6 aromatic carbocycles. The van der Waals surface area contributed by atoms with Crippen molar-refractivity contribution in [2.75, 3.05) is 142 Å². The molecule has 0 saturated carbocycles. The molecule has 4 atom stereocenters. The van der Waals surface area contributed by atoms with Crippen molar-refractivity contribution in [1.82, 2.24) is 70.3 Å². The van der Waals surface area contributed by atoms with Gasteiger partial charge in [-0.25, -0.2) is 59.4 Å². The van der Waals surface area contributed by atoms with Gasteiger partial charge >= 0.3 is 12.2 Å². The van der Waals surface area contributed by atoms with Gasteiger partial charge in [0.2, 0.25) is 17.2 Å². The van der Waals surface area contributed by atoms with Gasteiger partial charge in [-0.05, 0) is 189 Å². The number of nitrogens with one attached hydrogen (secondary N) is 8. The number of ether oxygens (including phenoxy) is 11. The Bertz CT molecular complexity index is 6220. The summed E-state index contributed by atoms with van der Waals surface area (Å²) in [5.74, 6) is 9.54. The summed E-state index contributed by atoms with van der Waals surface area (Å²) in [6.45, 7) is 24.9. The average molecular weight is 1910 g/mol. The van der Waals surface area contributed by atoms with Gasteiger partial charge < -0.3 is 110 Å². The first-order chi connectivity index (χ1) is 65.3. The van der Waals surface area contributed by atoms with E-state index in [9.17, 15) is 28.8 Å². The number of carbonyl (C=O) groups is 6. The number of nitrogen functional groups attached to an aromatic ring is 1. The van der Waals surface area contributed by atoms with Gasteiger partial charge in [0.25, 0.3) is 23.6 Å². The third-order valence-electron chi connectivity index (χ3n) is 22.3. The number of rotatable bonds is 14. The number of methoxy groups -OCH3 is 4. The van der Waals surface area contributed by atoms with Crippen LogP contribution in [0.1, 0.15) is 176 Å². The first-order valence-electron chi connectivity index (χ1n) is 43.5. The van der Waals surface area contributed by atoms with Crippen LogP contribution < -0.4 is 101 Å². The maximum Gasteiger partial charge on any atom is 0.416 e. The van der Waals surface area contributed by atoms with Crippen LogP contribution in [0, 0.1) is 0 Å². The molecular weight excluding hydrogens is 1810 g/mol. The minimum atomic E-state index is -0.644. The SMILES string of the molecule is C.CC(C)(C)OC(=O)N1CCOc2c(Cl)ncnc21.CC1NC(=O)c2ccc(Nc3ncnc4c3OCCN4)cc21.CC1NC(=O)c2ccc(Nc3ncnc4c3OCCN4)cc21.COc1ccc(CN2C(=O)c3ccc(N)cc3C2C)c(OC)c1.COc1ccc(CN2C(=O)c3ccc(Nc4ncnc5c4OCCN5C(=O)OC(C)(C)C)cc3C2C)c(OC)c1.Clc1ncnc2c1OCCN2. The van der Waals surface area contributed by atoms with Crippen molar-refractivity contribution in [2.45, 2.75) is 125 Å². The minimum absolute atomic E-state index is 0. The molecule has 11 aromatic rings. The van der Waals surface area contributed by atoms with Crippen molar-refractivity contribution in [3.05, 3.63) is 207 Å². The number of nitrogens with zero attached hydrogens (tertiary/aromatic N) is 14. The summed E-state index contributed by atoms with van der Waals surface area (Å²) in [6.07, 6.45) is 6.07. The molecule has 0 radical (unpaired) electrons. The molecule has 137 heavy (non-hydrogen) atoms. The van der Waals surface area contributed by atoms with E-state index in [1.807, 2.05) is 155 Å². The summed E-state index contributed by atoms with van der Waals surface area (Å²) in [4.78, 5) is 122. The van der Waals surface area contributed by atoms with Crippen molar-refractivity contribution in [3.63, 3.8) is 0 Å². The van der Waals surface area contributed by atoms with Gasteiger partial charge in [-0.15, -0.1) is 0 Å². The first kappa shape index (κ1) is 97.5. The van der Waals surface area contributed by atoms with E-state index in [0.29, 0.717) is 162 Å². The van der Waals surface area contributed by atoms with Crippen LogP contribution in [-0.4, -0.2) is 201 Å². The summed E-state index contributed by atoms with van der Waals surface area (Å²) in [5.41, 5.74) is 16.2. The molecule has 0 saturated heterocycles. The summed E-state index contributed by atoms with van der Waals surface area (Å²) in [5, 5.41) is 25.5. The number of benzene rings is 6. The van der Waals surface area contributed by atoms with Crippen molar-refractivity contribution in [1.29, 1.82) is 0 Å². The van der Waals surface area contributed by atoms with Crippen molar-refractivity contribution < 1.29 is 80.9 Å². The standard InChI is InChI=1S/C29H33N5O6.C18H20N2O3.2C15H15N5O2.C11H14ClN3O3.C6H6ClN3O.CH4/c1-17-22-13-19(8-10-21(22)27(35)34(17)15-18-7-9-20(37-5)14-23(18)38-6)32-25-24-26(31-16-30-25)33(11-12-39-24)28(36)40-29(2,3)4;1-11-16-8-13(19)5-7-15(16)18(21)20(11)10-12-4-6-14(22-2)9-17(12)23-3;2*1-8-11-6-9(2-3-10(11)15(21)19-8)20-14-12-13(17-7-18-14)16-4-5-22-12;1-11(2,3)18-10(16)15-4-5-17-7-8(12)13-6-14-9(7)15;7-5-4-6(10-3-9-5)8-1-2-11-4;/h7-10,13-14,16-17H,11-12,15H2,1-6H3,(H,30,31,32);4-9,11H,10,19H2,1-3H3;2*2-3,6-8H,4-5H2,1H3,(H,19,21)(H2,16,17,18,20);6H,4-5H2,1-3H3;3H,1-2H2,(H,8,9,10);1H4. The van der Waals surface area contributed by atoms with Gasteiger partial charge in [0.15, 0.2) is 68.3 Å². The molecule has 9 aliphatic heterocycles. The molecule has 4 unspecified atom stereocenters. The predicted molar refractivity (Wildman–Crippen MR) is 514 cm³/mol. The fraction of sp³-hybridized carbons (Fsp3) is 0.347. The second-order valence-electron chi connectivity index (χ2n) is 33.7. The number of nitrogens with two attached hydrogens (primary N) is 1. The molecule has 718 valence electrons. The molecular formula is C95H107Cl2N23O17. The predicted octanol–water partition coefficient (Wildman–Crippen LogP) is 15.6. The van der Waals surface area contributed by atoms with Crippen LogP contribution in [0.3, 0.4) is 0 Å². The van der Waals surface area contributed by atoms with Gasteiger partial charge in [-0.1, -0.05) is 30.6 Å². The quantitative estimate of drug-likeness (QED) is 0.0361. The Kier molecular flexibility index (Phi) is 30.2. The molecule has 10 N–H and O–H groups in total. The number of anilines is 12. The smallest absolute Gasteiger partial charge is 0.416 e. The lowest BCUT2D eigenvalue weighted by atomic mass is 10.0. The molecule has 0 bridgehead atoms. The van der Waals surface area contributed by atoms with Crippen LogP contribution in [0.5, 0.6) is 51.7 Å². The molecule has 6 amide bonds. The van der Waals surface area contributed by atoms with E-state index < -0.39 is 23.4 Å². The second-order valence-corrected chi connectivity index (χ2v) is 34.4. The molecule has 0 spiro atoms. The van der Waals surface area contributed by atoms with E-state index in [2.05, 4.69) is 92.4 Å². The normalized spacial score (nSPS) is 16.6. The molecule has 9 aliphatic rings. The summed E-state index contributed by atoms with van der Waals surface area (Å²) >= 11 is 11.6. The first-order valence-corrected chi connectivity index (χ1v) is 44.3. The van der Waals surface area contributed by atoms with Crippen LogP contribution in [0.15, 0.2) is 141 Å². The maximum atomic E-state index is 13.3.